The standard InChI is InChI=1S/C6H5.CH3.ClH.Sn/c1-2-4-6-5-3-1;;;/h1-5H;1H3;1H;/q;;;+1/p-1. The molecule has 47 valence electrons. The molecular formula is C7H8ClSn. The van der Waals surface area contributed by atoms with E-state index in [1.807, 2.05) is 18.2 Å². The number of rotatable bonds is 1. The van der Waals surface area contributed by atoms with Crippen molar-refractivity contribution in [1.29, 1.82) is 0 Å². The van der Waals surface area contributed by atoms with Crippen molar-refractivity contribution in [2.75, 3.05) is 0 Å². The molecule has 0 saturated carbocycles. The van der Waals surface area contributed by atoms with Gasteiger partial charge in [-0.3, -0.25) is 0 Å². The summed E-state index contributed by atoms with van der Waals surface area (Å²) in [5.74, 6) is 0. The van der Waals surface area contributed by atoms with Crippen LogP contribution in [-0.2, 0) is 0 Å². The summed E-state index contributed by atoms with van der Waals surface area (Å²) in [5, 5.41) is 0. The van der Waals surface area contributed by atoms with Crippen molar-refractivity contribution in [1.82, 2.24) is 0 Å². The number of hydrogen-bond donors (Lipinski definition) is 0. The summed E-state index contributed by atoms with van der Waals surface area (Å²) in [5.41, 5.74) is 0. The molecule has 1 rings (SSSR count). The Kier molecular flexibility index (Phi) is 2.86. The second kappa shape index (κ2) is 3.47. The van der Waals surface area contributed by atoms with Crippen molar-refractivity contribution in [2.45, 2.75) is 4.94 Å². The van der Waals surface area contributed by atoms with Gasteiger partial charge in [0.05, 0.1) is 0 Å². The van der Waals surface area contributed by atoms with Gasteiger partial charge in [0.15, 0.2) is 0 Å². The van der Waals surface area contributed by atoms with E-state index in [1.165, 1.54) is 3.58 Å². The van der Waals surface area contributed by atoms with Crippen molar-refractivity contribution in [3.8, 4) is 0 Å². The van der Waals surface area contributed by atoms with Gasteiger partial charge in [-0.05, 0) is 0 Å². The summed E-state index contributed by atoms with van der Waals surface area (Å²) in [4.78, 5) is 2.17. The maximum atomic E-state index is 6.00. The number of benzene rings is 1. The van der Waals surface area contributed by atoms with Gasteiger partial charge in [0.25, 0.3) is 0 Å². The molecule has 0 N–H and O–H groups in total. The molecule has 1 aromatic rings. The average Bonchev–Trinajstić information content (AvgIpc) is 1.90. The quantitative estimate of drug-likeness (QED) is 0.662. The van der Waals surface area contributed by atoms with Crippen LogP contribution in [0.5, 0.6) is 0 Å². The van der Waals surface area contributed by atoms with Crippen LogP contribution in [0.25, 0.3) is 0 Å². The van der Waals surface area contributed by atoms with Crippen LogP contribution in [0.2, 0.25) is 4.94 Å². The Balaban J connectivity index is 2.85. The van der Waals surface area contributed by atoms with Gasteiger partial charge in [-0.15, -0.1) is 0 Å². The number of halogens is 1. The Morgan fingerprint density at radius 2 is 1.78 bits per heavy atom. The normalized spacial score (nSPS) is 10.1. The molecule has 1 radical (unpaired) electrons. The fourth-order valence-corrected chi connectivity index (χ4v) is 3.37. The number of hydrogen-bond acceptors (Lipinski definition) is 0. The van der Waals surface area contributed by atoms with Crippen LogP contribution in [0, 0.1) is 0 Å². The Bertz CT molecular complexity index is 172. The van der Waals surface area contributed by atoms with Gasteiger partial charge in [0.2, 0.25) is 0 Å². The third-order valence-corrected chi connectivity index (χ3v) is 5.86. The summed E-state index contributed by atoms with van der Waals surface area (Å²) in [7, 11) is 6.00. The molecule has 0 aliphatic rings. The first-order valence-electron chi connectivity index (χ1n) is 2.85. The van der Waals surface area contributed by atoms with E-state index in [9.17, 15) is 0 Å². The fourth-order valence-electron chi connectivity index (χ4n) is 0.668. The summed E-state index contributed by atoms with van der Waals surface area (Å²) >= 11 is -1.55. The predicted molar refractivity (Wildman–Crippen MR) is 43.5 cm³/mol. The molecule has 0 atom stereocenters. The molecule has 1 aromatic carbocycles. The van der Waals surface area contributed by atoms with Gasteiger partial charge in [-0.1, -0.05) is 0 Å². The minimum atomic E-state index is -1.55. The van der Waals surface area contributed by atoms with Crippen LogP contribution in [0.1, 0.15) is 0 Å². The topological polar surface area (TPSA) is 0 Å². The van der Waals surface area contributed by atoms with Crippen molar-refractivity contribution in [3.05, 3.63) is 30.3 Å². The second-order valence-corrected chi connectivity index (χ2v) is 10.4. The van der Waals surface area contributed by atoms with Gasteiger partial charge in [-0.2, -0.15) is 0 Å². The van der Waals surface area contributed by atoms with Gasteiger partial charge < -0.3 is 0 Å². The first-order valence-corrected chi connectivity index (χ1v) is 10.7. The van der Waals surface area contributed by atoms with E-state index in [4.69, 9.17) is 8.92 Å². The Morgan fingerprint density at radius 1 is 1.22 bits per heavy atom. The van der Waals surface area contributed by atoms with Crippen LogP contribution >= 0.6 is 8.92 Å². The van der Waals surface area contributed by atoms with Crippen molar-refractivity contribution in [2.24, 2.45) is 0 Å². The van der Waals surface area contributed by atoms with Crippen LogP contribution in [-0.4, -0.2) is 18.6 Å². The van der Waals surface area contributed by atoms with Gasteiger partial charge in [0, 0.05) is 0 Å². The van der Waals surface area contributed by atoms with Gasteiger partial charge in [0.1, 0.15) is 0 Å². The predicted octanol–water partition coefficient (Wildman–Crippen LogP) is 1.75. The SMILES string of the molecule is [CH3][Sn]([Cl])[c]1ccccc1. The maximum absolute atomic E-state index is 6.00. The fraction of sp³-hybridized carbons (Fsp3) is 0.143. The molecule has 0 amide bonds. The van der Waals surface area contributed by atoms with Gasteiger partial charge in [-0.25, -0.2) is 0 Å². The molecule has 0 aliphatic heterocycles. The van der Waals surface area contributed by atoms with E-state index in [2.05, 4.69) is 17.1 Å². The zero-order valence-corrected chi connectivity index (χ0v) is 8.87. The molecular weight excluding hydrogens is 238 g/mol. The summed E-state index contributed by atoms with van der Waals surface area (Å²) < 4.78 is 1.38. The summed E-state index contributed by atoms with van der Waals surface area (Å²) in [6.45, 7) is 0. The first-order chi connectivity index (χ1) is 4.30. The minimum absolute atomic E-state index is 1.38. The third kappa shape index (κ3) is 2.18. The second-order valence-electron chi connectivity index (χ2n) is 1.90. The molecule has 0 spiro atoms. The molecule has 0 aromatic heterocycles. The molecule has 0 fully saturated rings. The first kappa shape index (κ1) is 7.42. The van der Waals surface area contributed by atoms with E-state index < -0.39 is 18.6 Å². The van der Waals surface area contributed by atoms with E-state index in [1.54, 1.807) is 0 Å². The molecule has 0 bridgehead atoms. The molecule has 0 heterocycles. The van der Waals surface area contributed by atoms with Crippen molar-refractivity contribution in [3.63, 3.8) is 0 Å². The molecule has 0 unspecified atom stereocenters. The van der Waals surface area contributed by atoms with E-state index in [0.717, 1.165) is 0 Å². The Morgan fingerprint density at radius 3 is 2.11 bits per heavy atom. The zero-order valence-electron chi connectivity index (χ0n) is 5.26. The molecule has 0 nitrogen and oxygen atoms in total. The van der Waals surface area contributed by atoms with Crippen LogP contribution in [0.15, 0.2) is 30.3 Å². The van der Waals surface area contributed by atoms with Gasteiger partial charge >= 0.3 is 66.4 Å². The van der Waals surface area contributed by atoms with Crippen LogP contribution in [0.3, 0.4) is 0 Å². The molecule has 0 saturated heterocycles. The third-order valence-electron chi connectivity index (χ3n) is 1.17. The Labute approximate surface area is 66.3 Å². The van der Waals surface area contributed by atoms with E-state index >= 15 is 0 Å². The Hall–Kier alpha value is 0.309. The summed E-state index contributed by atoms with van der Waals surface area (Å²) in [6, 6.07) is 10.3. The average molecular weight is 246 g/mol. The van der Waals surface area contributed by atoms with Crippen LogP contribution < -0.4 is 3.58 Å². The van der Waals surface area contributed by atoms with Crippen molar-refractivity contribution < 1.29 is 0 Å². The molecule has 2 heteroatoms. The monoisotopic (exact) mass is 247 g/mol. The zero-order chi connectivity index (χ0) is 6.69. The van der Waals surface area contributed by atoms with Crippen molar-refractivity contribution >= 4 is 31.1 Å². The van der Waals surface area contributed by atoms with E-state index in [0.29, 0.717) is 0 Å². The summed E-state index contributed by atoms with van der Waals surface area (Å²) in [6.07, 6.45) is 0. The molecule has 9 heavy (non-hydrogen) atoms. The van der Waals surface area contributed by atoms with Crippen LogP contribution in [0.4, 0.5) is 0 Å². The van der Waals surface area contributed by atoms with E-state index in [-0.39, 0.29) is 0 Å². The molecule has 0 aliphatic carbocycles.